The Morgan fingerprint density at radius 1 is 0.316 bits per heavy atom. The lowest BCUT2D eigenvalue weighted by molar-refractivity contribution is 0.0720. The maximum atomic E-state index is 12.9. The molecule has 6 rings (SSSR count). The van der Waals surface area contributed by atoms with Crippen molar-refractivity contribution in [3.63, 3.8) is 0 Å². The SMILES string of the molecule is CCCCCCCCCCCCOc1ccc(C(=O)Oc2ccc(C(=O)Oc3ccc(C=Nc4ccc(OC(=O)c5ccc(OC(=O)c6ccc(OCCCCCCCCCCCC)cc6)cc5)cc4)cc3)cc2)cc1. The maximum Gasteiger partial charge on any atom is 0.343 e. The standard InChI is InChI=1S/C65H75NO10/c1-3-5-7-9-11-13-15-17-19-21-47-71-56-37-25-51(26-38-56)62(67)74-59-41-29-53(30-42-59)64(69)73-58-35-23-50(24-36-58)49-66-55-33-45-61(46-34-55)76-65(70)54-31-43-60(44-32-54)75-63(68)52-27-39-57(40-28-52)72-48-22-20-18-16-14-12-10-8-6-4-2/h23-46,49H,3-22,47-48H2,1-2H3. The summed E-state index contributed by atoms with van der Waals surface area (Å²) in [6.07, 6.45) is 27.0. The van der Waals surface area contributed by atoms with E-state index in [0.717, 1.165) is 31.2 Å². The van der Waals surface area contributed by atoms with E-state index in [2.05, 4.69) is 18.8 Å². The number of rotatable bonds is 34. The highest BCUT2D eigenvalue weighted by atomic mass is 16.5. The summed E-state index contributed by atoms with van der Waals surface area (Å²) in [6, 6.07) is 39.7. The molecule has 11 heteroatoms. The summed E-state index contributed by atoms with van der Waals surface area (Å²) in [6.45, 7) is 5.78. The third-order valence-electron chi connectivity index (χ3n) is 12.8. The van der Waals surface area contributed by atoms with E-state index in [1.54, 1.807) is 128 Å². The summed E-state index contributed by atoms with van der Waals surface area (Å²) in [5.41, 5.74) is 2.74. The molecule has 6 aromatic carbocycles. The number of nitrogens with zero attached hydrogens (tertiary/aromatic N) is 1. The Morgan fingerprint density at radius 2 is 0.566 bits per heavy atom. The molecule has 0 radical (unpaired) electrons. The van der Waals surface area contributed by atoms with Crippen LogP contribution < -0.4 is 28.4 Å². The molecule has 76 heavy (non-hydrogen) atoms. The molecule has 0 unspecified atom stereocenters. The highest BCUT2D eigenvalue weighted by Gasteiger charge is 2.15. The highest BCUT2D eigenvalue weighted by molar-refractivity contribution is 5.94. The van der Waals surface area contributed by atoms with Crippen molar-refractivity contribution in [1.29, 1.82) is 0 Å². The first-order valence-corrected chi connectivity index (χ1v) is 27.5. The quantitative estimate of drug-likeness (QED) is 0.0166. The number of carbonyl (C=O) groups is 4. The van der Waals surface area contributed by atoms with E-state index in [1.807, 2.05) is 0 Å². The minimum absolute atomic E-state index is 0.286. The first-order valence-electron chi connectivity index (χ1n) is 27.5. The van der Waals surface area contributed by atoms with E-state index in [9.17, 15) is 19.2 Å². The van der Waals surface area contributed by atoms with Gasteiger partial charge in [0.2, 0.25) is 0 Å². The Morgan fingerprint density at radius 3 is 0.868 bits per heavy atom. The van der Waals surface area contributed by atoms with Crippen molar-refractivity contribution < 1.29 is 47.6 Å². The fourth-order valence-electron chi connectivity index (χ4n) is 8.29. The second-order valence-corrected chi connectivity index (χ2v) is 19.0. The molecular weight excluding hydrogens is 955 g/mol. The predicted octanol–water partition coefficient (Wildman–Crippen LogP) is 16.9. The van der Waals surface area contributed by atoms with Crippen LogP contribution in [0.5, 0.6) is 34.5 Å². The molecular formula is C65H75NO10. The van der Waals surface area contributed by atoms with E-state index in [-0.39, 0.29) is 11.1 Å². The molecule has 0 aliphatic rings. The Kier molecular flexibility index (Phi) is 25.4. The Balaban J connectivity index is 0.844. The first kappa shape index (κ1) is 57.7. The molecule has 0 bridgehead atoms. The van der Waals surface area contributed by atoms with Crippen molar-refractivity contribution in [3.8, 4) is 34.5 Å². The van der Waals surface area contributed by atoms with Crippen LogP contribution in [0.2, 0.25) is 0 Å². The van der Waals surface area contributed by atoms with Crippen molar-refractivity contribution in [2.45, 2.75) is 142 Å². The minimum atomic E-state index is -0.570. The third kappa shape index (κ3) is 21.4. The van der Waals surface area contributed by atoms with Gasteiger partial charge in [0.15, 0.2) is 0 Å². The number of esters is 4. The number of hydrogen-bond donors (Lipinski definition) is 0. The molecule has 0 saturated heterocycles. The van der Waals surface area contributed by atoms with Gasteiger partial charge in [-0.25, -0.2) is 19.2 Å². The van der Waals surface area contributed by atoms with E-state index in [0.29, 0.717) is 64.5 Å². The average molecular weight is 1030 g/mol. The van der Waals surface area contributed by atoms with E-state index < -0.39 is 23.9 Å². The van der Waals surface area contributed by atoms with Crippen molar-refractivity contribution in [1.82, 2.24) is 0 Å². The van der Waals surface area contributed by atoms with Gasteiger partial charge < -0.3 is 28.4 Å². The Hall–Kier alpha value is -7.53. The van der Waals surface area contributed by atoms with Crippen LogP contribution in [0, 0.1) is 0 Å². The summed E-state index contributed by atoms with van der Waals surface area (Å²) >= 11 is 0. The zero-order valence-electron chi connectivity index (χ0n) is 44.5. The summed E-state index contributed by atoms with van der Waals surface area (Å²) in [5.74, 6) is 0.526. The van der Waals surface area contributed by atoms with Gasteiger partial charge >= 0.3 is 23.9 Å². The van der Waals surface area contributed by atoms with Crippen LogP contribution in [0.25, 0.3) is 0 Å². The topological polar surface area (TPSA) is 136 Å². The second kappa shape index (κ2) is 33.4. The van der Waals surface area contributed by atoms with E-state index >= 15 is 0 Å². The van der Waals surface area contributed by atoms with Crippen LogP contribution in [0.1, 0.15) is 189 Å². The van der Waals surface area contributed by atoms with E-state index in [1.165, 1.54) is 127 Å². The number of unbranched alkanes of at least 4 members (excludes halogenated alkanes) is 18. The lowest BCUT2D eigenvalue weighted by Crippen LogP contribution is -2.10. The zero-order chi connectivity index (χ0) is 53.4. The van der Waals surface area contributed by atoms with Gasteiger partial charge in [0.05, 0.1) is 41.2 Å². The number of hydrogen-bond acceptors (Lipinski definition) is 11. The van der Waals surface area contributed by atoms with Crippen molar-refractivity contribution in [2.24, 2.45) is 4.99 Å². The van der Waals surface area contributed by atoms with Crippen LogP contribution in [0.4, 0.5) is 5.69 Å². The molecule has 0 atom stereocenters. The molecule has 0 heterocycles. The zero-order valence-corrected chi connectivity index (χ0v) is 44.5. The van der Waals surface area contributed by atoms with Crippen LogP contribution >= 0.6 is 0 Å². The molecule has 6 aromatic rings. The van der Waals surface area contributed by atoms with Gasteiger partial charge in [0.25, 0.3) is 0 Å². The molecule has 400 valence electrons. The molecule has 0 fully saturated rings. The smallest absolute Gasteiger partial charge is 0.343 e. The third-order valence-corrected chi connectivity index (χ3v) is 12.8. The fraction of sp³-hybridized carbons (Fsp3) is 0.369. The lowest BCUT2D eigenvalue weighted by Gasteiger charge is -2.08. The minimum Gasteiger partial charge on any atom is -0.494 e. The monoisotopic (exact) mass is 1030 g/mol. The normalized spacial score (nSPS) is 11.0. The number of aliphatic imine (C=N–C) groups is 1. The maximum absolute atomic E-state index is 12.9. The predicted molar refractivity (Wildman–Crippen MR) is 300 cm³/mol. The number of benzene rings is 6. The van der Waals surface area contributed by atoms with Gasteiger partial charge in [-0.2, -0.15) is 0 Å². The van der Waals surface area contributed by atoms with Crippen LogP contribution in [0.3, 0.4) is 0 Å². The van der Waals surface area contributed by atoms with Crippen LogP contribution in [-0.4, -0.2) is 43.3 Å². The van der Waals surface area contributed by atoms with Crippen molar-refractivity contribution in [3.05, 3.63) is 173 Å². The van der Waals surface area contributed by atoms with Crippen molar-refractivity contribution in [2.75, 3.05) is 13.2 Å². The van der Waals surface area contributed by atoms with Gasteiger partial charge in [0, 0.05) is 6.21 Å². The molecule has 0 aromatic heterocycles. The highest BCUT2D eigenvalue weighted by Crippen LogP contribution is 2.24. The van der Waals surface area contributed by atoms with Crippen molar-refractivity contribution >= 4 is 35.8 Å². The molecule has 0 saturated carbocycles. The van der Waals surface area contributed by atoms with Gasteiger partial charge in [-0.3, -0.25) is 4.99 Å². The summed E-state index contributed by atoms with van der Waals surface area (Å²) in [4.78, 5) is 55.9. The van der Waals surface area contributed by atoms with Crippen LogP contribution in [0.15, 0.2) is 151 Å². The molecule has 0 spiro atoms. The molecule has 0 N–H and O–H groups in total. The average Bonchev–Trinajstić information content (AvgIpc) is 3.44. The van der Waals surface area contributed by atoms with E-state index in [4.69, 9.17) is 28.4 Å². The number of carbonyl (C=O) groups excluding carboxylic acids is 4. The van der Waals surface area contributed by atoms with Gasteiger partial charge in [0.1, 0.15) is 34.5 Å². The molecule has 11 nitrogen and oxygen atoms in total. The van der Waals surface area contributed by atoms with Gasteiger partial charge in [-0.15, -0.1) is 0 Å². The summed E-state index contributed by atoms with van der Waals surface area (Å²) in [7, 11) is 0. The van der Waals surface area contributed by atoms with Crippen LogP contribution in [-0.2, 0) is 0 Å². The second-order valence-electron chi connectivity index (χ2n) is 19.0. The molecule has 0 aliphatic heterocycles. The van der Waals surface area contributed by atoms with Gasteiger partial charge in [-0.05, 0) is 164 Å². The summed E-state index contributed by atoms with van der Waals surface area (Å²) < 4.78 is 33.9. The summed E-state index contributed by atoms with van der Waals surface area (Å²) in [5, 5.41) is 0. The Bertz CT molecular complexity index is 2470. The number of ether oxygens (including phenoxy) is 6. The van der Waals surface area contributed by atoms with Gasteiger partial charge in [-0.1, -0.05) is 129 Å². The largest absolute Gasteiger partial charge is 0.494 e. The molecule has 0 amide bonds. The lowest BCUT2D eigenvalue weighted by atomic mass is 10.1. The molecule has 0 aliphatic carbocycles. The Labute approximate surface area is 450 Å². The fourth-order valence-corrected chi connectivity index (χ4v) is 8.29. The first-order chi connectivity index (χ1) is 37.3.